The highest BCUT2D eigenvalue weighted by Crippen LogP contribution is 2.17. The second-order valence-electron chi connectivity index (χ2n) is 5.21. The van der Waals surface area contributed by atoms with Gasteiger partial charge in [-0.15, -0.1) is 0 Å². The minimum absolute atomic E-state index is 0.0847. The van der Waals surface area contributed by atoms with E-state index in [4.69, 9.17) is 16.3 Å². The highest BCUT2D eigenvalue weighted by molar-refractivity contribution is 6.31. The summed E-state index contributed by atoms with van der Waals surface area (Å²) in [7, 11) is 0. The number of hydrogen-bond acceptors (Lipinski definition) is 3. The summed E-state index contributed by atoms with van der Waals surface area (Å²) >= 11 is 6.00. The molecule has 1 rings (SSSR count). The highest BCUT2D eigenvalue weighted by atomic mass is 35.5. The van der Waals surface area contributed by atoms with E-state index in [9.17, 15) is 9.59 Å². The number of carbonyl (C=O) groups excluding carboxylic acids is 2. The largest absolute Gasteiger partial charge is 0.452 e. The Morgan fingerprint density at radius 1 is 1.41 bits per heavy atom. The zero-order chi connectivity index (χ0) is 16.5. The molecule has 1 atom stereocenters. The van der Waals surface area contributed by atoms with E-state index in [-0.39, 0.29) is 18.6 Å². The average molecular weight is 324 g/mol. The molecule has 0 fully saturated rings. The van der Waals surface area contributed by atoms with Crippen LogP contribution < -0.4 is 5.32 Å². The van der Waals surface area contributed by atoms with E-state index in [0.29, 0.717) is 5.02 Å². The first-order valence-corrected chi connectivity index (χ1v) is 7.70. The van der Waals surface area contributed by atoms with Gasteiger partial charge in [-0.1, -0.05) is 37.1 Å². The van der Waals surface area contributed by atoms with Crippen LogP contribution in [0.25, 0.3) is 6.08 Å². The van der Waals surface area contributed by atoms with E-state index in [1.807, 2.05) is 32.9 Å². The summed E-state index contributed by atoms with van der Waals surface area (Å²) in [5, 5.41) is 3.40. The lowest BCUT2D eigenvalue weighted by Crippen LogP contribution is -2.35. The Balaban J connectivity index is 2.41. The van der Waals surface area contributed by atoms with Gasteiger partial charge in [0.05, 0.1) is 0 Å². The minimum atomic E-state index is -0.560. The Morgan fingerprint density at radius 3 is 2.77 bits per heavy atom. The first-order valence-electron chi connectivity index (χ1n) is 7.32. The van der Waals surface area contributed by atoms with Crippen molar-refractivity contribution in [3.8, 4) is 0 Å². The van der Waals surface area contributed by atoms with Gasteiger partial charge in [0.1, 0.15) is 0 Å². The van der Waals surface area contributed by atoms with Gasteiger partial charge < -0.3 is 10.1 Å². The van der Waals surface area contributed by atoms with Crippen molar-refractivity contribution in [2.75, 3.05) is 6.61 Å². The molecule has 5 heteroatoms. The van der Waals surface area contributed by atoms with Crippen molar-refractivity contribution in [1.29, 1.82) is 0 Å². The van der Waals surface area contributed by atoms with Crippen molar-refractivity contribution in [3.05, 3.63) is 40.4 Å². The molecule has 0 aliphatic rings. The van der Waals surface area contributed by atoms with Gasteiger partial charge in [-0.3, -0.25) is 4.79 Å². The topological polar surface area (TPSA) is 55.4 Å². The van der Waals surface area contributed by atoms with Crippen LogP contribution in [0.5, 0.6) is 0 Å². The van der Waals surface area contributed by atoms with Gasteiger partial charge in [0.15, 0.2) is 6.61 Å². The van der Waals surface area contributed by atoms with Gasteiger partial charge in [-0.2, -0.15) is 0 Å². The Labute approximate surface area is 136 Å². The maximum absolute atomic E-state index is 11.6. The molecule has 0 radical (unpaired) electrons. The molecular weight excluding hydrogens is 302 g/mol. The number of ether oxygens (including phenoxy) is 1. The quantitative estimate of drug-likeness (QED) is 0.617. The smallest absolute Gasteiger partial charge is 0.331 e. The lowest BCUT2D eigenvalue weighted by atomic mass is 10.1. The van der Waals surface area contributed by atoms with Crippen LogP contribution in [0.15, 0.2) is 24.3 Å². The van der Waals surface area contributed by atoms with Gasteiger partial charge in [-0.05, 0) is 43.5 Å². The molecule has 0 unspecified atom stereocenters. The van der Waals surface area contributed by atoms with Crippen LogP contribution in [-0.4, -0.2) is 24.5 Å². The number of nitrogens with one attached hydrogen (secondary N) is 1. The monoisotopic (exact) mass is 323 g/mol. The highest BCUT2D eigenvalue weighted by Gasteiger charge is 2.08. The first-order chi connectivity index (χ1) is 10.4. The maximum atomic E-state index is 11.6. The predicted molar refractivity (Wildman–Crippen MR) is 88.7 cm³/mol. The van der Waals surface area contributed by atoms with Gasteiger partial charge in [0.2, 0.25) is 0 Å². The van der Waals surface area contributed by atoms with Gasteiger partial charge in [0, 0.05) is 17.1 Å². The normalized spacial score (nSPS) is 12.2. The van der Waals surface area contributed by atoms with E-state index in [1.54, 1.807) is 12.1 Å². The number of esters is 1. The van der Waals surface area contributed by atoms with Gasteiger partial charge in [-0.25, -0.2) is 4.79 Å². The van der Waals surface area contributed by atoms with E-state index in [1.165, 1.54) is 6.08 Å². The van der Waals surface area contributed by atoms with Crippen molar-refractivity contribution in [2.24, 2.45) is 0 Å². The summed E-state index contributed by atoms with van der Waals surface area (Å²) in [5.41, 5.74) is 1.77. The van der Waals surface area contributed by atoms with Crippen LogP contribution in [0.3, 0.4) is 0 Å². The fraction of sp³-hybridized carbons (Fsp3) is 0.412. The van der Waals surface area contributed by atoms with Crippen LogP contribution in [0.4, 0.5) is 0 Å². The third kappa shape index (κ3) is 6.76. The molecule has 1 aromatic rings. The van der Waals surface area contributed by atoms with Crippen molar-refractivity contribution < 1.29 is 14.3 Å². The molecular formula is C17H22ClNO3. The second-order valence-corrected chi connectivity index (χ2v) is 5.61. The van der Waals surface area contributed by atoms with E-state index < -0.39 is 5.97 Å². The molecule has 0 saturated heterocycles. The average Bonchev–Trinajstić information content (AvgIpc) is 2.46. The molecule has 1 N–H and O–H groups in total. The molecule has 0 saturated carbocycles. The number of carbonyl (C=O) groups is 2. The molecule has 0 bridgehead atoms. The molecule has 22 heavy (non-hydrogen) atoms. The zero-order valence-electron chi connectivity index (χ0n) is 13.2. The standard InChI is InChI=1S/C17H22ClNO3/c1-4-5-13(3)19-16(20)11-22-17(21)9-8-14-7-6-12(2)15(18)10-14/h6-10,13H,4-5,11H2,1-3H3,(H,19,20)/b9-8+/t13-/m0/s1. The van der Waals surface area contributed by atoms with Crippen molar-refractivity contribution in [3.63, 3.8) is 0 Å². The fourth-order valence-electron chi connectivity index (χ4n) is 1.88. The minimum Gasteiger partial charge on any atom is -0.452 e. The molecule has 1 aromatic carbocycles. The number of rotatable bonds is 7. The van der Waals surface area contributed by atoms with Crippen molar-refractivity contribution in [2.45, 2.75) is 39.7 Å². The van der Waals surface area contributed by atoms with E-state index in [0.717, 1.165) is 24.0 Å². The lowest BCUT2D eigenvalue weighted by molar-refractivity contribution is -0.144. The molecule has 0 aliphatic carbocycles. The Bertz CT molecular complexity index is 555. The molecule has 1 amide bonds. The summed E-state index contributed by atoms with van der Waals surface area (Å²) in [6.45, 7) is 5.60. The van der Waals surface area contributed by atoms with Gasteiger partial charge in [0.25, 0.3) is 5.91 Å². The lowest BCUT2D eigenvalue weighted by Gasteiger charge is -2.12. The SMILES string of the molecule is CCC[C@H](C)NC(=O)COC(=O)/C=C/c1ccc(C)c(Cl)c1. The van der Waals surface area contributed by atoms with Crippen LogP contribution in [0.1, 0.15) is 37.8 Å². The van der Waals surface area contributed by atoms with E-state index in [2.05, 4.69) is 5.32 Å². The number of amides is 1. The van der Waals surface area contributed by atoms with Crippen LogP contribution in [0.2, 0.25) is 5.02 Å². The molecule has 0 heterocycles. The first kappa shape index (κ1) is 18.2. The van der Waals surface area contributed by atoms with Crippen molar-refractivity contribution in [1.82, 2.24) is 5.32 Å². The number of halogens is 1. The van der Waals surface area contributed by atoms with Crippen LogP contribution >= 0.6 is 11.6 Å². The van der Waals surface area contributed by atoms with Crippen LogP contribution in [0, 0.1) is 6.92 Å². The Morgan fingerprint density at radius 2 is 2.14 bits per heavy atom. The Hall–Kier alpha value is -1.81. The van der Waals surface area contributed by atoms with Gasteiger partial charge >= 0.3 is 5.97 Å². The van der Waals surface area contributed by atoms with Crippen LogP contribution in [-0.2, 0) is 14.3 Å². The third-order valence-corrected chi connectivity index (χ3v) is 3.49. The fourth-order valence-corrected chi connectivity index (χ4v) is 2.07. The molecule has 120 valence electrons. The number of hydrogen-bond donors (Lipinski definition) is 1. The molecule has 0 aromatic heterocycles. The molecule has 4 nitrogen and oxygen atoms in total. The number of aryl methyl sites for hydroxylation is 1. The third-order valence-electron chi connectivity index (χ3n) is 3.08. The molecule has 0 aliphatic heterocycles. The summed E-state index contributed by atoms with van der Waals surface area (Å²) in [4.78, 5) is 23.1. The summed E-state index contributed by atoms with van der Waals surface area (Å²) in [6.07, 6.45) is 4.77. The zero-order valence-corrected chi connectivity index (χ0v) is 13.9. The number of benzene rings is 1. The second kappa shape index (κ2) is 9.26. The maximum Gasteiger partial charge on any atom is 0.331 e. The predicted octanol–water partition coefficient (Wildman–Crippen LogP) is 3.51. The summed E-state index contributed by atoms with van der Waals surface area (Å²) in [5.74, 6) is -0.851. The Kier molecular flexibility index (Phi) is 7.67. The summed E-state index contributed by atoms with van der Waals surface area (Å²) in [6, 6.07) is 5.57. The van der Waals surface area contributed by atoms with E-state index >= 15 is 0 Å². The van der Waals surface area contributed by atoms with Crippen molar-refractivity contribution >= 4 is 29.6 Å². The summed E-state index contributed by atoms with van der Waals surface area (Å²) < 4.78 is 4.89. The molecule has 0 spiro atoms.